The standard InChI is InChI=1S/C26H34N4O3S2/c1-28(2)10-6-15-33-22-8-3-7-21(19-22)23-20-35-26(27-23)30(25(31)24-9-4-18-34-24)12-5-11-29-13-16-32-17-14-29/h3-4,7-9,18-20H,5-6,10-17H2,1-2H3. The summed E-state index contributed by atoms with van der Waals surface area (Å²) in [7, 11) is 4.13. The maximum Gasteiger partial charge on any atom is 0.270 e. The van der Waals surface area contributed by atoms with Crippen molar-refractivity contribution in [2.45, 2.75) is 12.8 Å². The summed E-state index contributed by atoms with van der Waals surface area (Å²) in [5.74, 6) is 0.855. The van der Waals surface area contributed by atoms with Gasteiger partial charge in [0.05, 0.1) is 30.4 Å². The van der Waals surface area contributed by atoms with Crippen molar-refractivity contribution in [2.75, 3.05) is 71.5 Å². The van der Waals surface area contributed by atoms with Crippen molar-refractivity contribution in [1.82, 2.24) is 14.8 Å². The van der Waals surface area contributed by atoms with Crippen LogP contribution in [-0.2, 0) is 4.74 Å². The first-order valence-electron chi connectivity index (χ1n) is 12.1. The molecule has 0 unspecified atom stereocenters. The topological polar surface area (TPSA) is 58.1 Å². The number of nitrogens with zero attached hydrogens (tertiary/aromatic N) is 4. The third-order valence-corrected chi connectivity index (χ3v) is 7.53. The Morgan fingerprint density at radius 1 is 1.11 bits per heavy atom. The predicted molar refractivity (Wildman–Crippen MR) is 144 cm³/mol. The van der Waals surface area contributed by atoms with Gasteiger partial charge in [-0.2, -0.15) is 0 Å². The van der Waals surface area contributed by atoms with Gasteiger partial charge in [-0.15, -0.1) is 22.7 Å². The number of hydrogen-bond donors (Lipinski definition) is 0. The maximum atomic E-state index is 13.3. The fourth-order valence-corrected chi connectivity index (χ4v) is 5.46. The number of thiazole rings is 1. The van der Waals surface area contributed by atoms with E-state index in [0.29, 0.717) is 13.2 Å². The number of amides is 1. The Bertz CT molecular complexity index is 1050. The van der Waals surface area contributed by atoms with Crippen LogP contribution in [0.3, 0.4) is 0 Å². The van der Waals surface area contributed by atoms with Crippen LogP contribution in [0.4, 0.5) is 5.13 Å². The van der Waals surface area contributed by atoms with Crippen LogP contribution in [0.5, 0.6) is 5.75 Å². The number of thiophene rings is 1. The van der Waals surface area contributed by atoms with Gasteiger partial charge in [0.15, 0.2) is 5.13 Å². The molecular formula is C26H34N4O3S2. The summed E-state index contributed by atoms with van der Waals surface area (Å²) in [5.41, 5.74) is 1.86. The lowest BCUT2D eigenvalue weighted by Gasteiger charge is -2.27. The van der Waals surface area contributed by atoms with Crippen LogP contribution in [0.1, 0.15) is 22.5 Å². The molecule has 0 radical (unpaired) electrons. The number of aromatic nitrogens is 1. The number of carbonyl (C=O) groups is 1. The van der Waals surface area contributed by atoms with Crippen LogP contribution in [0, 0.1) is 0 Å². The average molecular weight is 515 g/mol. The number of morpholine rings is 1. The second-order valence-corrected chi connectivity index (χ2v) is 10.6. The van der Waals surface area contributed by atoms with E-state index >= 15 is 0 Å². The van der Waals surface area contributed by atoms with Crippen LogP contribution in [0.25, 0.3) is 11.3 Å². The largest absolute Gasteiger partial charge is 0.494 e. The molecule has 0 spiro atoms. The van der Waals surface area contributed by atoms with Crippen LogP contribution in [0.15, 0.2) is 47.2 Å². The number of hydrogen-bond acceptors (Lipinski definition) is 8. The van der Waals surface area contributed by atoms with Gasteiger partial charge in [0, 0.05) is 43.7 Å². The Hall–Kier alpha value is -2.30. The zero-order valence-corrected chi connectivity index (χ0v) is 22.2. The molecule has 1 amide bonds. The molecule has 1 aliphatic heterocycles. The zero-order valence-electron chi connectivity index (χ0n) is 20.5. The maximum absolute atomic E-state index is 13.3. The predicted octanol–water partition coefficient (Wildman–Crippen LogP) is 4.57. The van der Waals surface area contributed by atoms with Crippen molar-refractivity contribution in [3.63, 3.8) is 0 Å². The molecule has 3 aromatic rings. The van der Waals surface area contributed by atoms with Gasteiger partial charge in [0.25, 0.3) is 5.91 Å². The van der Waals surface area contributed by atoms with Gasteiger partial charge in [-0.3, -0.25) is 14.6 Å². The summed E-state index contributed by atoms with van der Waals surface area (Å²) >= 11 is 2.98. The van der Waals surface area contributed by atoms with Crippen LogP contribution in [0.2, 0.25) is 0 Å². The number of anilines is 1. The summed E-state index contributed by atoms with van der Waals surface area (Å²) in [4.78, 5) is 25.3. The summed E-state index contributed by atoms with van der Waals surface area (Å²) in [6, 6.07) is 11.8. The van der Waals surface area contributed by atoms with Gasteiger partial charge >= 0.3 is 0 Å². The van der Waals surface area contributed by atoms with E-state index in [4.69, 9.17) is 14.5 Å². The zero-order chi connectivity index (χ0) is 24.5. The normalized spacial score (nSPS) is 14.4. The first-order chi connectivity index (χ1) is 17.1. The third-order valence-electron chi connectivity index (χ3n) is 5.81. The Morgan fingerprint density at radius 2 is 1.97 bits per heavy atom. The minimum Gasteiger partial charge on any atom is -0.494 e. The van der Waals surface area contributed by atoms with Crippen molar-refractivity contribution < 1.29 is 14.3 Å². The summed E-state index contributed by atoms with van der Waals surface area (Å²) in [5, 5.41) is 4.70. The minimum absolute atomic E-state index is 0.0147. The second kappa shape index (κ2) is 13.1. The third kappa shape index (κ3) is 7.59. The highest BCUT2D eigenvalue weighted by molar-refractivity contribution is 7.14. The molecule has 1 aliphatic rings. The molecule has 3 heterocycles. The van der Waals surface area contributed by atoms with Gasteiger partial charge in [-0.1, -0.05) is 18.2 Å². The van der Waals surface area contributed by atoms with E-state index in [9.17, 15) is 4.79 Å². The van der Waals surface area contributed by atoms with E-state index in [0.717, 1.165) is 79.3 Å². The summed E-state index contributed by atoms with van der Waals surface area (Å²) in [6.45, 7) is 6.73. The molecule has 1 aromatic carbocycles. The Labute approximate surface area is 215 Å². The number of carbonyl (C=O) groups excluding carboxylic acids is 1. The lowest BCUT2D eigenvalue weighted by atomic mass is 10.2. The van der Waals surface area contributed by atoms with Crippen molar-refractivity contribution in [2.24, 2.45) is 0 Å². The molecular weight excluding hydrogens is 480 g/mol. The molecule has 2 aromatic heterocycles. The van der Waals surface area contributed by atoms with Crippen molar-refractivity contribution in [1.29, 1.82) is 0 Å². The van der Waals surface area contributed by atoms with Crippen LogP contribution >= 0.6 is 22.7 Å². The molecule has 0 bridgehead atoms. The Balaban J connectivity index is 1.44. The molecule has 0 aliphatic carbocycles. The first kappa shape index (κ1) is 25.8. The first-order valence-corrected chi connectivity index (χ1v) is 13.8. The minimum atomic E-state index is 0.0147. The highest BCUT2D eigenvalue weighted by Crippen LogP contribution is 2.31. The van der Waals surface area contributed by atoms with E-state index in [1.54, 1.807) is 0 Å². The highest BCUT2D eigenvalue weighted by atomic mass is 32.1. The van der Waals surface area contributed by atoms with Gasteiger partial charge < -0.3 is 14.4 Å². The fraction of sp³-hybridized carbons (Fsp3) is 0.462. The van der Waals surface area contributed by atoms with Crippen molar-refractivity contribution in [3.05, 3.63) is 52.0 Å². The fourth-order valence-electron chi connectivity index (χ4n) is 3.93. The van der Waals surface area contributed by atoms with Gasteiger partial charge in [0.2, 0.25) is 0 Å². The molecule has 188 valence electrons. The molecule has 1 fully saturated rings. The summed E-state index contributed by atoms with van der Waals surface area (Å²) < 4.78 is 11.4. The molecule has 0 atom stereocenters. The lowest BCUT2D eigenvalue weighted by Crippen LogP contribution is -2.39. The van der Waals surface area contributed by atoms with E-state index in [-0.39, 0.29) is 5.91 Å². The monoisotopic (exact) mass is 514 g/mol. The van der Waals surface area contributed by atoms with E-state index in [2.05, 4.69) is 23.9 Å². The molecule has 0 N–H and O–H groups in total. The number of benzene rings is 1. The molecule has 0 saturated carbocycles. The van der Waals surface area contributed by atoms with Gasteiger partial charge in [-0.25, -0.2) is 4.98 Å². The van der Waals surface area contributed by atoms with Crippen LogP contribution in [-0.4, -0.2) is 87.3 Å². The molecule has 7 nitrogen and oxygen atoms in total. The van der Waals surface area contributed by atoms with Crippen LogP contribution < -0.4 is 9.64 Å². The smallest absolute Gasteiger partial charge is 0.270 e. The number of ether oxygens (including phenoxy) is 2. The number of rotatable bonds is 12. The average Bonchev–Trinajstić information content (AvgIpc) is 3.58. The molecule has 1 saturated heterocycles. The quantitative estimate of drug-likeness (QED) is 0.330. The van der Waals surface area contributed by atoms with E-state index in [1.807, 2.05) is 52.1 Å². The summed E-state index contributed by atoms with van der Waals surface area (Å²) in [6.07, 6.45) is 1.87. The Kier molecular flexibility index (Phi) is 9.67. The van der Waals surface area contributed by atoms with Crippen molar-refractivity contribution in [3.8, 4) is 17.0 Å². The van der Waals surface area contributed by atoms with Gasteiger partial charge in [-0.05, 0) is 50.5 Å². The van der Waals surface area contributed by atoms with E-state index in [1.165, 1.54) is 22.7 Å². The Morgan fingerprint density at radius 3 is 2.74 bits per heavy atom. The van der Waals surface area contributed by atoms with Crippen molar-refractivity contribution >= 4 is 33.7 Å². The molecule has 35 heavy (non-hydrogen) atoms. The van der Waals surface area contributed by atoms with E-state index < -0.39 is 0 Å². The highest BCUT2D eigenvalue weighted by Gasteiger charge is 2.22. The molecule has 9 heteroatoms. The van der Waals surface area contributed by atoms with Gasteiger partial charge in [0.1, 0.15) is 5.75 Å². The molecule has 4 rings (SSSR count). The second-order valence-electron chi connectivity index (χ2n) is 8.79. The lowest BCUT2D eigenvalue weighted by molar-refractivity contribution is 0.0376. The SMILES string of the molecule is CN(C)CCCOc1cccc(-c2csc(N(CCCN3CCOCC3)C(=O)c3cccs3)n2)c1.